The predicted molar refractivity (Wildman–Crippen MR) is 101 cm³/mol. The zero-order valence-corrected chi connectivity index (χ0v) is 15.0. The number of fused-ring (bicyclic) bond motifs is 1. The number of carbonyl (C=O) groups excluding carboxylic acids is 1. The van der Waals surface area contributed by atoms with Crippen LogP contribution in [-0.4, -0.2) is 32.7 Å². The van der Waals surface area contributed by atoms with E-state index in [1.54, 1.807) is 0 Å². The quantitative estimate of drug-likeness (QED) is 0.537. The molecule has 0 atom stereocenters. The molecule has 7 nitrogen and oxygen atoms in total. The van der Waals surface area contributed by atoms with Crippen LogP contribution in [0.4, 0.5) is 10.2 Å². The summed E-state index contributed by atoms with van der Waals surface area (Å²) in [6.45, 7) is 0.143. The zero-order chi connectivity index (χ0) is 19.5. The average molecular weight is 377 g/mol. The Balaban J connectivity index is 1.67. The van der Waals surface area contributed by atoms with Crippen molar-refractivity contribution in [2.45, 2.75) is 6.54 Å². The third kappa shape index (κ3) is 3.39. The summed E-state index contributed by atoms with van der Waals surface area (Å²) in [5.41, 5.74) is 2.25. The summed E-state index contributed by atoms with van der Waals surface area (Å²) < 4.78 is 20.4. The fourth-order valence-corrected chi connectivity index (χ4v) is 2.84. The molecular weight excluding hydrogens is 361 g/mol. The van der Waals surface area contributed by atoms with Gasteiger partial charge in [0.25, 0.3) is 5.78 Å². The van der Waals surface area contributed by atoms with Gasteiger partial charge < -0.3 is 10.1 Å². The number of aromatic nitrogens is 4. The molecule has 0 radical (unpaired) electrons. The van der Waals surface area contributed by atoms with Gasteiger partial charge in [-0.2, -0.15) is 14.6 Å². The normalized spacial score (nSPS) is 10.8. The van der Waals surface area contributed by atoms with Crippen molar-refractivity contribution in [2.24, 2.45) is 0 Å². The molecule has 0 aliphatic carbocycles. The average Bonchev–Trinajstić information content (AvgIpc) is 3.22. The van der Waals surface area contributed by atoms with E-state index in [0.717, 1.165) is 5.56 Å². The van der Waals surface area contributed by atoms with E-state index >= 15 is 0 Å². The van der Waals surface area contributed by atoms with Crippen molar-refractivity contribution in [1.29, 1.82) is 0 Å². The van der Waals surface area contributed by atoms with Gasteiger partial charge in [0.05, 0.1) is 18.4 Å². The van der Waals surface area contributed by atoms with Crippen LogP contribution in [0, 0.1) is 5.82 Å². The maximum atomic E-state index is 14.2. The van der Waals surface area contributed by atoms with Crippen LogP contribution >= 0.6 is 0 Å². The van der Waals surface area contributed by atoms with E-state index in [1.165, 1.54) is 36.2 Å². The summed E-state index contributed by atoms with van der Waals surface area (Å²) in [6.07, 6.45) is 1.40. The number of esters is 1. The molecule has 0 aliphatic heterocycles. The number of hydrogen-bond acceptors (Lipinski definition) is 6. The van der Waals surface area contributed by atoms with Gasteiger partial charge in [-0.25, -0.2) is 14.2 Å². The second-order valence-corrected chi connectivity index (χ2v) is 6.02. The first-order chi connectivity index (χ1) is 13.7. The van der Waals surface area contributed by atoms with Crippen molar-refractivity contribution in [3.05, 3.63) is 77.9 Å². The Hall–Kier alpha value is -3.81. The number of nitrogens with zero attached hydrogens (tertiary/aromatic N) is 4. The summed E-state index contributed by atoms with van der Waals surface area (Å²) in [5.74, 6) is 0.0828. The van der Waals surface area contributed by atoms with Crippen molar-refractivity contribution in [2.75, 3.05) is 12.4 Å². The van der Waals surface area contributed by atoms with Gasteiger partial charge in [0.2, 0.25) is 0 Å². The van der Waals surface area contributed by atoms with Crippen LogP contribution in [-0.2, 0) is 11.3 Å². The molecule has 8 heteroatoms. The topological polar surface area (TPSA) is 81.4 Å². The van der Waals surface area contributed by atoms with Crippen molar-refractivity contribution in [3.63, 3.8) is 0 Å². The number of anilines is 1. The number of rotatable bonds is 5. The number of hydrogen-bond donors (Lipinski definition) is 1. The van der Waals surface area contributed by atoms with Gasteiger partial charge >= 0.3 is 5.97 Å². The second-order valence-electron chi connectivity index (χ2n) is 6.02. The zero-order valence-electron chi connectivity index (χ0n) is 15.0. The van der Waals surface area contributed by atoms with E-state index < -0.39 is 11.8 Å². The summed E-state index contributed by atoms with van der Waals surface area (Å²) in [5, 5.41) is 7.31. The van der Waals surface area contributed by atoms with Gasteiger partial charge in [-0.15, -0.1) is 0 Å². The van der Waals surface area contributed by atoms with Crippen LogP contribution < -0.4 is 5.32 Å². The van der Waals surface area contributed by atoms with Crippen molar-refractivity contribution < 1.29 is 13.9 Å². The third-order valence-corrected chi connectivity index (χ3v) is 4.25. The lowest BCUT2D eigenvalue weighted by Crippen LogP contribution is -2.09. The van der Waals surface area contributed by atoms with E-state index in [4.69, 9.17) is 4.74 Å². The first-order valence-electron chi connectivity index (χ1n) is 8.52. The Morgan fingerprint density at radius 2 is 2.00 bits per heavy atom. The van der Waals surface area contributed by atoms with E-state index in [9.17, 15) is 9.18 Å². The highest BCUT2D eigenvalue weighted by Crippen LogP contribution is 2.22. The first-order valence-corrected chi connectivity index (χ1v) is 8.52. The fraction of sp³-hybridized carbons (Fsp3) is 0.100. The summed E-state index contributed by atoms with van der Waals surface area (Å²) in [6, 6.07) is 15.6. The molecule has 1 N–H and O–H groups in total. The minimum atomic E-state index is -0.518. The van der Waals surface area contributed by atoms with Crippen LogP contribution in [0.25, 0.3) is 17.0 Å². The maximum Gasteiger partial charge on any atom is 0.337 e. The highest BCUT2D eigenvalue weighted by molar-refractivity contribution is 5.89. The van der Waals surface area contributed by atoms with E-state index in [0.29, 0.717) is 22.9 Å². The smallest absolute Gasteiger partial charge is 0.337 e. The SMILES string of the molecule is COC(=O)c1ccc(F)c(CNc2cc(-c3ccccc3)nc3ncnn23)c1. The molecule has 28 heavy (non-hydrogen) atoms. The molecule has 0 amide bonds. The van der Waals surface area contributed by atoms with Gasteiger partial charge in [-0.3, -0.25) is 0 Å². The molecule has 2 aromatic heterocycles. The Labute approximate surface area is 159 Å². The fourth-order valence-electron chi connectivity index (χ4n) is 2.84. The predicted octanol–water partition coefficient (Wildman–Crippen LogP) is 3.33. The standard InChI is InChI=1S/C20H16FN5O2/c1-28-19(27)14-7-8-16(21)15(9-14)11-22-18-10-17(13-5-3-2-4-6-13)25-20-23-12-24-26(18)20/h2-10,12,22H,11H2,1H3. The number of benzene rings is 2. The van der Waals surface area contributed by atoms with Crippen molar-refractivity contribution >= 4 is 17.6 Å². The lowest BCUT2D eigenvalue weighted by molar-refractivity contribution is 0.0600. The molecule has 140 valence electrons. The molecule has 2 heterocycles. The number of carbonyl (C=O) groups is 1. The van der Waals surface area contributed by atoms with Gasteiger partial charge in [0.15, 0.2) is 0 Å². The molecule has 0 fully saturated rings. The lowest BCUT2D eigenvalue weighted by atomic mass is 10.1. The van der Waals surface area contributed by atoms with Crippen molar-refractivity contribution in [1.82, 2.24) is 19.6 Å². The summed E-state index contributed by atoms with van der Waals surface area (Å²) in [4.78, 5) is 20.4. The molecule has 4 rings (SSSR count). The summed E-state index contributed by atoms with van der Waals surface area (Å²) in [7, 11) is 1.28. The minimum absolute atomic E-state index is 0.143. The van der Waals surface area contributed by atoms with E-state index in [2.05, 4.69) is 20.4 Å². The maximum absolute atomic E-state index is 14.2. The van der Waals surface area contributed by atoms with Gasteiger partial charge in [0.1, 0.15) is 18.0 Å². The van der Waals surface area contributed by atoms with Crippen LogP contribution in [0.2, 0.25) is 0 Å². The third-order valence-electron chi connectivity index (χ3n) is 4.25. The summed E-state index contributed by atoms with van der Waals surface area (Å²) >= 11 is 0. The molecule has 0 unspecified atom stereocenters. The number of halogens is 1. The molecule has 0 saturated heterocycles. The van der Waals surface area contributed by atoms with Gasteiger partial charge in [-0.05, 0) is 18.2 Å². The molecular formula is C20H16FN5O2. The largest absolute Gasteiger partial charge is 0.465 e. The van der Waals surface area contributed by atoms with Crippen molar-refractivity contribution in [3.8, 4) is 11.3 Å². The molecule has 0 aliphatic rings. The van der Waals surface area contributed by atoms with E-state index in [-0.39, 0.29) is 12.1 Å². The number of methoxy groups -OCH3 is 1. The van der Waals surface area contributed by atoms with Crippen LogP contribution in [0.15, 0.2) is 60.9 Å². The Kier molecular flexibility index (Phi) is 4.67. The number of ether oxygens (including phenoxy) is 1. The van der Waals surface area contributed by atoms with Crippen LogP contribution in [0.3, 0.4) is 0 Å². The Morgan fingerprint density at radius 1 is 1.18 bits per heavy atom. The van der Waals surface area contributed by atoms with Gasteiger partial charge in [0, 0.05) is 23.7 Å². The molecule has 0 bridgehead atoms. The molecule has 0 spiro atoms. The van der Waals surface area contributed by atoms with E-state index in [1.807, 2.05) is 36.4 Å². The monoisotopic (exact) mass is 377 g/mol. The first kappa shape index (κ1) is 17.6. The molecule has 4 aromatic rings. The minimum Gasteiger partial charge on any atom is -0.465 e. The van der Waals surface area contributed by atoms with Gasteiger partial charge in [-0.1, -0.05) is 30.3 Å². The number of nitrogens with one attached hydrogen (secondary N) is 1. The highest BCUT2D eigenvalue weighted by Gasteiger charge is 2.12. The lowest BCUT2D eigenvalue weighted by Gasteiger charge is -2.11. The Bertz CT molecular complexity index is 1140. The van der Waals surface area contributed by atoms with Crippen LogP contribution in [0.5, 0.6) is 0 Å². The second kappa shape index (κ2) is 7.43. The molecule has 0 saturated carbocycles. The van der Waals surface area contributed by atoms with Crippen LogP contribution in [0.1, 0.15) is 15.9 Å². The highest BCUT2D eigenvalue weighted by atomic mass is 19.1. The Morgan fingerprint density at radius 3 is 2.79 bits per heavy atom. The molecule has 2 aromatic carbocycles.